The number of aromatic nitrogens is 1. The van der Waals surface area contributed by atoms with Gasteiger partial charge >= 0.3 is 0 Å². The summed E-state index contributed by atoms with van der Waals surface area (Å²) >= 11 is 0. The van der Waals surface area contributed by atoms with E-state index in [1.165, 1.54) is 0 Å². The Bertz CT molecular complexity index is 480. The molecule has 0 saturated heterocycles. The van der Waals surface area contributed by atoms with Gasteiger partial charge in [0.25, 0.3) is 5.91 Å². The van der Waals surface area contributed by atoms with Crippen molar-refractivity contribution in [2.24, 2.45) is 11.7 Å². The normalized spacial score (nSPS) is 13.5. The Morgan fingerprint density at radius 3 is 2.73 bits per heavy atom. The number of hydrogen-bond donors (Lipinski definition) is 2. The smallest absolute Gasteiger partial charge is 0.265 e. The molecule has 0 aromatic carbocycles. The molecule has 0 unspecified atom stereocenters. The summed E-state index contributed by atoms with van der Waals surface area (Å²) in [5.41, 5.74) is 5.63. The monoisotopic (exact) mass is 204 g/mol. The fourth-order valence-corrected chi connectivity index (χ4v) is 1.37. The summed E-state index contributed by atoms with van der Waals surface area (Å²) in [7, 11) is 0. The van der Waals surface area contributed by atoms with Gasteiger partial charge in [0.15, 0.2) is 0 Å². The van der Waals surface area contributed by atoms with Crippen molar-refractivity contribution in [2.75, 3.05) is 0 Å². The largest absolute Gasteiger partial charge is 0.364 e. The lowest BCUT2D eigenvalue weighted by Gasteiger charge is -1.90. The average Bonchev–Trinajstić information content (AvgIpc) is 2.48. The SMILES string of the molecule is C=C/C=c1/[nH]c(C(N)=O)c/c1=C/C(C)C. The summed E-state index contributed by atoms with van der Waals surface area (Å²) in [5, 5.41) is 1.85. The molecule has 3 heteroatoms. The molecule has 0 atom stereocenters. The number of aromatic amines is 1. The number of H-pyrrole nitrogens is 1. The number of hydrogen-bond acceptors (Lipinski definition) is 1. The second-order valence-electron chi connectivity index (χ2n) is 3.73. The van der Waals surface area contributed by atoms with Gasteiger partial charge in [0, 0.05) is 5.35 Å². The van der Waals surface area contributed by atoms with Crippen LogP contribution in [0.2, 0.25) is 0 Å². The Morgan fingerprint density at radius 2 is 2.27 bits per heavy atom. The Kier molecular flexibility index (Phi) is 3.50. The van der Waals surface area contributed by atoms with Gasteiger partial charge in [-0.25, -0.2) is 0 Å². The number of allylic oxidation sites excluding steroid dienone is 1. The van der Waals surface area contributed by atoms with Crippen LogP contribution in [0.25, 0.3) is 12.2 Å². The highest BCUT2D eigenvalue weighted by Gasteiger charge is 2.02. The number of nitrogens with one attached hydrogen (secondary N) is 1. The first-order valence-electron chi connectivity index (χ1n) is 4.88. The van der Waals surface area contributed by atoms with Crippen LogP contribution in [0.1, 0.15) is 24.3 Å². The predicted molar refractivity (Wildman–Crippen MR) is 62.5 cm³/mol. The molecule has 0 aliphatic rings. The van der Waals surface area contributed by atoms with E-state index in [1.807, 2.05) is 6.08 Å². The van der Waals surface area contributed by atoms with Crippen LogP contribution in [0.4, 0.5) is 0 Å². The second-order valence-corrected chi connectivity index (χ2v) is 3.73. The lowest BCUT2D eigenvalue weighted by atomic mass is 10.2. The summed E-state index contributed by atoms with van der Waals surface area (Å²) in [6, 6.07) is 1.76. The third-order valence-electron chi connectivity index (χ3n) is 1.94. The zero-order chi connectivity index (χ0) is 11.4. The highest BCUT2D eigenvalue weighted by Crippen LogP contribution is 1.92. The molecule has 80 valence electrons. The molecule has 0 aliphatic heterocycles. The number of amides is 1. The van der Waals surface area contributed by atoms with Crippen LogP contribution in [-0.2, 0) is 0 Å². The fraction of sp³-hybridized carbons (Fsp3) is 0.250. The van der Waals surface area contributed by atoms with Crippen LogP contribution < -0.4 is 16.3 Å². The molecule has 0 fully saturated rings. The summed E-state index contributed by atoms with van der Waals surface area (Å²) in [6.45, 7) is 7.78. The molecule has 15 heavy (non-hydrogen) atoms. The molecule has 1 aromatic heterocycles. The van der Waals surface area contributed by atoms with Gasteiger partial charge in [-0.1, -0.05) is 32.6 Å². The van der Waals surface area contributed by atoms with Crippen molar-refractivity contribution in [3.8, 4) is 0 Å². The van der Waals surface area contributed by atoms with Crippen molar-refractivity contribution < 1.29 is 4.79 Å². The molecule has 0 radical (unpaired) electrons. The molecule has 1 amide bonds. The van der Waals surface area contributed by atoms with Crippen molar-refractivity contribution in [2.45, 2.75) is 13.8 Å². The van der Waals surface area contributed by atoms with Crippen molar-refractivity contribution >= 4 is 18.1 Å². The maximum atomic E-state index is 11.0. The van der Waals surface area contributed by atoms with E-state index in [9.17, 15) is 4.79 Å². The number of carbonyl (C=O) groups excluding carboxylic acids is 1. The number of rotatable bonds is 3. The molecule has 0 saturated carbocycles. The van der Waals surface area contributed by atoms with Gasteiger partial charge in [0.1, 0.15) is 5.69 Å². The maximum absolute atomic E-state index is 11.0. The Morgan fingerprint density at radius 1 is 1.60 bits per heavy atom. The first kappa shape index (κ1) is 11.3. The molecule has 0 bridgehead atoms. The summed E-state index contributed by atoms with van der Waals surface area (Å²) in [6.07, 6.45) is 5.56. The molecule has 3 N–H and O–H groups in total. The molecule has 1 aromatic rings. The van der Waals surface area contributed by atoms with E-state index in [4.69, 9.17) is 5.73 Å². The van der Waals surface area contributed by atoms with Crippen molar-refractivity contribution in [3.63, 3.8) is 0 Å². The fourth-order valence-electron chi connectivity index (χ4n) is 1.37. The minimum absolute atomic E-state index is 0.415. The summed E-state index contributed by atoms with van der Waals surface area (Å²) in [4.78, 5) is 13.9. The second kappa shape index (κ2) is 4.64. The van der Waals surface area contributed by atoms with Crippen LogP contribution in [0.5, 0.6) is 0 Å². The van der Waals surface area contributed by atoms with Gasteiger partial charge in [-0.05, 0) is 23.3 Å². The minimum Gasteiger partial charge on any atom is -0.364 e. The topological polar surface area (TPSA) is 58.9 Å². The standard InChI is InChI=1S/C12H16N2O/c1-4-5-10-9(6-8(2)3)7-11(14-10)12(13)15/h4-8,14H,1H2,2-3H3,(H2,13,15)/b9-6-,10-5+. The molecular formula is C12H16N2O. The molecular weight excluding hydrogens is 188 g/mol. The van der Waals surface area contributed by atoms with E-state index in [0.717, 1.165) is 10.6 Å². The lowest BCUT2D eigenvalue weighted by Crippen LogP contribution is -2.22. The van der Waals surface area contributed by atoms with Crippen molar-refractivity contribution in [3.05, 3.63) is 35.0 Å². The quantitative estimate of drug-likeness (QED) is 0.740. The highest BCUT2D eigenvalue weighted by atomic mass is 16.1. The Labute approximate surface area is 89.0 Å². The number of nitrogens with two attached hydrogens (primary N) is 1. The van der Waals surface area contributed by atoms with Gasteiger partial charge in [-0.15, -0.1) is 0 Å². The molecule has 1 heterocycles. The predicted octanol–water partition coefficient (Wildman–Crippen LogP) is 0.517. The zero-order valence-electron chi connectivity index (χ0n) is 9.08. The first-order valence-corrected chi connectivity index (χ1v) is 4.88. The lowest BCUT2D eigenvalue weighted by molar-refractivity contribution is 0.0996. The third-order valence-corrected chi connectivity index (χ3v) is 1.94. The molecule has 0 spiro atoms. The van der Waals surface area contributed by atoms with Crippen LogP contribution in [-0.4, -0.2) is 10.9 Å². The molecule has 3 nitrogen and oxygen atoms in total. The molecule has 1 rings (SSSR count). The summed E-state index contributed by atoms with van der Waals surface area (Å²) in [5.74, 6) is -0.0318. The molecule has 0 aliphatic carbocycles. The zero-order valence-corrected chi connectivity index (χ0v) is 9.08. The third kappa shape index (κ3) is 2.84. The number of carbonyl (C=O) groups is 1. The van der Waals surface area contributed by atoms with E-state index >= 15 is 0 Å². The number of primary amides is 1. The van der Waals surface area contributed by atoms with Crippen LogP contribution >= 0.6 is 0 Å². The minimum atomic E-state index is -0.447. The van der Waals surface area contributed by atoms with E-state index in [-0.39, 0.29) is 0 Å². The van der Waals surface area contributed by atoms with Crippen molar-refractivity contribution in [1.29, 1.82) is 0 Å². The van der Waals surface area contributed by atoms with Crippen molar-refractivity contribution in [1.82, 2.24) is 4.98 Å². The van der Waals surface area contributed by atoms with Gasteiger partial charge in [-0.2, -0.15) is 0 Å². The van der Waals surface area contributed by atoms with E-state index in [1.54, 1.807) is 12.1 Å². The van der Waals surface area contributed by atoms with Gasteiger partial charge in [0.2, 0.25) is 0 Å². The first-order chi connectivity index (χ1) is 7.04. The maximum Gasteiger partial charge on any atom is 0.265 e. The Balaban J connectivity index is 3.43. The highest BCUT2D eigenvalue weighted by molar-refractivity contribution is 5.90. The Hall–Kier alpha value is -1.77. The van der Waals surface area contributed by atoms with Crippen LogP contribution in [0.3, 0.4) is 0 Å². The van der Waals surface area contributed by atoms with E-state index in [2.05, 4.69) is 31.5 Å². The van der Waals surface area contributed by atoms with E-state index in [0.29, 0.717) is 11.6 Å². The van der Waals surface area contributed by atoms with Crippen LogP contribution in [0, 0.1) is 5.92 Å². The van der Waals surface area contributed by atoms with E-state index < -0.39 is 5.91 Å². The van der Waals surface area contributed by atoms with Crippen LogP contribution in [0.15, 0.2) is 18.7 Å². The van der Waals surface area contributed by atoms with Gasteiger partial charge in [-0.3, -0.25) is 4.79 Å². The average molecular weight is 204 g/mol. The van der Waals surface area contributed by atoms with Gasteiger partial charge in [0.05, 0.1) is 0 Å². The summed E-state index contributed by atoms with van der Waals surface area (Å²) < 4.78 is 0. The van der Waals surface area contributed by atoms with Gasteiger partial charge < -0.3 is 10.7 Å².